The van der Waals surface area contributed by atoms with E-state index in [4.69, 9.17) is 4.74 Å². The molecule has 1 atom stereocenters. The Morgan fingerprint density at radius 2 is 1.89 bits per heavy atom. The molecule has 2 aromatic heterocycles. The number of thiophene rings is 2. The molecule has 1 aliphatic heterocycles. The molecule has 1 saturated heterocycles. The van der Waals surface area contributed by atoms with E-state index < -0.39 is 11.0 Å². The van der Waals surface area contributed by atoms with E-state index in [1.54, 1.807) is 0 Å². The van der Waals surface area contributed by atoms with Crippen LogP contribution in [0.25, 0.3) is 0 Å². The van der Waals surface area contributed by atoms with Crippen molar-refractivity contribution in [2.75, 3.05) is 19.8 Å². The predicted molar refractivity (Wildman–Crippen MR) is 113 cm³/mol. The van der Waals surface area contributed by atoms with Gasteiger partial charge in [-0.3, -0.25) is 4.79 Å². The lowest BCUT2D eigenvalue weighted by atomic mass is 9.73. The third kappa shape index (κ3) is 3.53. The topological polar surface area (TPSA) is 58.6 Å². The normalized spacial score (nSPS) is 18.3. The fourth-order valence-electron chi connectivity index (χ4n) is 3.85. The van der Waals surface area contributed by atoms with Crippen molar-refractivity contribution in [1.82, 2.24) is 5.32 Å². The van der Waals surface area contributed by atoms with Gasteiger partial charge in [-0.05, 0) is 46.7 Å². The molecule has 3 aromatic rings. The molecule has 1 amide bonds. The minimum absolute atomic E-state index is 0.0489. The van der Waals surface area contributed by atoms with Crippen LogP contribution in [0.4, 0.5) is 0 Å². The van der Waals surface area contributed by atoms with E-state index in [-0.39, 0.29) is 12.5 Å². The molecule has 0 radical (unpaired) electrons. The smallest absolute Gasteiger partial charge is 0.230 e. The molecule has 0 saturated carbocycles. The molecule has 146 valence electrons. The van der Waals surface area contributed by atoms with Crippen molar-refractivity contribution in [3.8, 4) is 0 Å². The zero-order valence-corrected chi connectivity index (χ0v) is 17.1. The molecule has 1 aromatic carbocycles. The molecule has 0 unspecified atom stereocenters. The van der Waals surface area contributed by atoms with Gasteiger partial charge in [0.1, 0.15) is 5.60 Å². The van der Waals surface area contributed by atoms with Gasteiger partial charge in [-0.25, -0.2) is 0 Å². The molecule has 6 heteroatoms. The summed E-state index contributed by atoms with van der Waals surface area (Å²) in [5.41, 5.74) is -0.0378. The van der Waals surface area contributed by atoms with Crippen LogP contribution in [-0.4, -0.2) is 30.8 Å². The molecule has 0 spiro atoms. The first-order valence-electron chi connectivity index (χ1n) is 9.36. The van der Waals surface area contributed by atoms with Gasteiger partial charge in [-0.1, -0.05) is 36.4 Å². The summed E-state index contributed by atoms with van der Waals surface area (Å²) in [7, 11) is 0. The van der Waals surface area contributed by atoms with Crippen molar-refractivity contribution >= 4 is 28.6 Å². The maximum absolute atomic E-state index is 13.4. The standard InChI is InChI=1S/C22H23NO3S2/c24-20(21(9-11-26-12-10-21)17-5-2-1-3-6-17)23-16-22(25,18-8-14-27-15-18)19-7-4-13-28-19/h1-8,13-15,25H,9-12,16H2,(H,23,24)/t22-/m1/s1. The Morgan fingerprint density at radius 1 is 1.11 bits per heavy atom. The predicted octanol–water partition coefficient (Wildman–Crippen LogP) is 3.91. The highest BCUT2D eigenvalue weighted by Crippen LogP contribution is 2.37. The maximum Gasteiger partial charge on any atom is 0.230 e. The minimum Gasteiger partial charge on any atom is -0.381 e. The Kier molecular flexibility index (Phi) is 5.64. The van der Waals surface area contributed by atoms with Gasteiger partial charge in [-0.15, -0.1) is 11.3 Å². The van der Waals surface area contributed by atoms with E-state index in [2.05, 4.69) is 5.32 Å². The van der Waals surface area contributed by atoms with Crippen molar-refractivity contribution in [3.05, 3.63) is 80.7 Å². The fourth-order valence-corrected chi connectivity index (χ4v) is 5.42. The third-order valence-electron chi connectivity index (χ3n) is 5.54. The van der Waals surface area contributed by atoms with Crippen molar-refractivity contribution in [1.29, 1.82) is 0 Å². The fraction of sp³-hybridized carbons (Fsp3) is 0.318. The molecule has 0 aliphatic carbocycles. The van der Waals surface area contributed by atoms with Gasteiger partial charge in [0, 0.05) is 23.7 Å². The molecule has 4 nitrogen and oxygen atoms in total. The molecule has 2 N–H and O–H groups in total. The summed E-state index contributed by atoms with van der Waals surface area (Å²) >= 11 is 3.03. The molecule has 4 rings (SSSR count). The number of rotatable bonds is 6. The number of nitrogens with one attached hydrogen (secondary N) is 1. The van der Waals surface area contributed by atoms with Gasteiger partial charge in [0.25, 0.3) is 0 Å². The van der Waals surface area contributed by atoms with Crippen molar-refractivity contribution in [2.24, 2.45) is 0 Å². The highest BCUT2D eigenvalue weighted by molar-refractivity contribution is 7.10. The van der Waals surface area contributed by atoms with Crippen LogP contribution in [0.2, 0.25) is 0 Å². The lowest BCUT2D eigenvalue weighted by molar-refractivity contribution is -0.131. The summed E-state index contributed by atoms with van der Waals surface area (Å²) in [5.74, 6) is -0.0489. The Balaban J connectivity index is 1.61. The van der Waals surface area contributed by atoms with Crippen LogP contribution < -0.4 is 5.32 Å². The number of aliphatic hydroxyl groups is 1. The largest absolute Gasteiger partial charge is 0.381 e. The number of carbonyl (C=O) groups excluding carboxylic acids is 1. The summed E-state index contributed by atoms with van der Waals surface area (Å²) in [5, 5.41) is 20.4. The molecule has 3 heterocycles. The van der Waals surface area contributed by atoms with E-state index in [1.165, 1.54) is 22.7 Å². The van der Waals surface area contributed by atoms with E-state index >= 15 is 0 Å². The maximum atomic E-state index is 13.4. The van der Waals surface area contributed by atoms with Crippen LogP contribution in [0.15, 0.2) is 64.7 Å². The van der Waals surface area contributed by atoms with E-state index in [0.29, 0.717) is 26.1 Å². The quantitative estimate of drug-likeness (QED) is 0.644. The summed E-state index contributed by atoms with van der Waals surface area (Å²) in [6.45, 7) is 1.25. The zero-order chi connectivity index (χ0) is 19.5. The van der Waals surface area contributed by atoms with Gasteiger partial charge >= 0.3 is 0 Å². The van der Waals surface area contributed by atoms with Crippen molar-refractivity contribution in [3.63, 3.8) is 0 Å². The monoisotopic (exact) mass is 413 g/mol. The zero-order valence-electron chi connectivity index (χ0n) is 15.5. The van der Waals surface area contributed by atoms with Crippen LogP contribution in [0, 0.1) is 0 Å². The Bertz CT molecular complexity index is 851. The number of amides is 1. The molecular formula is C22H23NO3S2. The van der Waals surface area contributed by atoms with Crippen LogP contribution in [-0.2, 0) is 20.5 Å². The molecule has 1 fully saturated rings. The Labute approximate surface area is 172 Å². The first-order chi connectivity index (χ1) is 13.7. The van der Waals surface area contributed by atoms with Gasteiger partial charge in [-0.2, -0.15) is 11.3 Å². The highest BCUT2D eigenvalue weighted by atomic mass is 32.1. The SMILES string of the molecule is O=C(NC[C@@](O)(c1ccsc1)c1cccs1)C1(c2ccccc2)CCOCC1. The molecule has 28 heavy (non-hydrogen) atoms. The number of hydrogen-bond donors (Lipinski definition) is 2. The second-order valence-corrected chi connectivity index (χ2v) is 8.82. The van der Waals surface area contributed by atoms with Crippen LogP contribution in [0.1, 0.15) is 28.8 Å². The third-order valence-corrected chi connectivity index (χ3v) is 7.24. The summed E-state index contributed by atoms with van der Waals surface area (Å²) < 4.78 is 5.53. The Morgan fingerprint density at radius 3 is 2.54 bits per heavy atom. The first-order valence-corrected chi connectivity index (χ1v) is 11.2. The van der Waals surface area contributed by atoms with E-state index in [9.17, 15) is 9.90 Å². The second kappa shape index (κ2) is 8.17. The molecule has 1 aliphatic rings. The minimum atomic E-state index is -1.23. The highest BCUT2D eigenvalue weighted by Gasteiger charge is 2.43. The van der Waals surface area contributed by atoms with Crippen LogP contribution in [0.5, 0.6) is 0 Å². The number of hydrogen-bond acceptors (Lipinski definition) is 5. The van der Waals surface area contributed by atoms with Gasteiger partial charge in [0.05, 0.1) is 12.0 Å². The number of ether oxygens (including phenoxy) is 1. The van der Waals surface area contributed by atoms with E-state index in [0.717, 1.165) is 16.0 Å². The van der Waals surface area contributed by atoms with Gasteiger partial charge in [0.15, 0.2) is 0 Å². The number of benzene rings is 1. The van der Waals surface area contributed by atoms with Crippen molar-refractivity contribution in [2.45, 2.75) is 23.9 Å². The molecule has 0 bridgehead atoms. The average molecular weight is 414 g/mol. The summed E-state index contributed by atoms with van der Waals surface area (Å²) in [6, 6.07) is 15.7. The lowest BCUT2D eigenvalue weighted by Gasteiger charge is -2.37. The Hall–Kier alpha value is -1.99. The van der Waals surface area contributed by atoms with Crippen LogP contribution in [0.3, 0.4) is 0 Å². The van der Waals surface area contributed by atoms with Gasteiger partial charge in [0.2, 0.25) is 5.91 Å². The molecular weight excluding hydrogens is 390 g/mol. The first kappa shape index (κ1) is 19.3. The summed E-state index contributed by atoms with van der Waals surface area (Å²) in [6.07, 6.45) is 1.28. The van der Waals surface area contributed by atoms with Crippen molar-refractivity contribution < 1.29 is 14.6 Å². The average Bonchev–Trinajstić information content (AvgIpc) is 3.48. The lowest BCUT2D eigenvalue weighted by Crippen LogP contribution is -2.51. The van der Waals surface area contributed by atoms with E-state index in [1.807, 2.05) is 64.7 Å². The van der Waals surface area contributed by atoms with Gasteiger partial charge < -0.3 is 15.2 Å². The summed E-state index contributed by atoms with van der Waals surface area (Å²) in [4.78, 5) is 14.3. The number of carbonyl (C=O) groups is 1. The second-order valence-electron chi connectivity index (χ2n) is 7.09. The van der Waals surface area contributed by atoms with Crippen LogP contribution >= 0.6 is 22.7 Å².